The van der Waals surface area contributed by atoms with Gasteiger partial charge in [0.2, 0.25) is 0 Å². The highest BCUT2D eigenvalue weighted by atomic mass is 14.9. The van der Waals surface area contributed by atoms with Crippen LogP contribution in [-0.4, -0.2) is 6.04 Å². The molecule has 1 heterocycles. The van der Waals surface area contributed by atoms with Gasteiger partial charge in [-0.15, -0.1) is 0 Å². The standard InChI is InChI=1S/C12H23N/c1-8(2)11-7-6-10(5)13-12(11)9(3)4/h8-10,13H,6-7H2,1-5H3. The van der Waals surface area contributed by atoms with Crippen molar-refractivity contribution in [1.82, 2.24) is 5.32 Å². The molecule has 0 aromatic heterocycles. The Hall–Kier alpha value is -0.460. The molecule has 0 saturated heterocycles. The van der Waals surface area contributed by atoms with Crippen LogP contribution in [0.2, 0.25) is 0 Å². The second-order valence-electron chi connectivity index (χ2n) is 4.83. The third kappa shape index (κ3) is 2.49. The largest absolute Gasteiger partial charge is 0.386 e. The lowest BCUT2D eigenvalue weighted by molar-refractivity contribution is 0.458. The maximum Gasteiger partial charge on any atom is 0.0233 e. The summed E-state index contributed by atoms with van der Waals surface area (Å²) < 4.78 is 0. The summed E-state index contributed by atoms with van der Waals surface area (Å²) >= 11 is 0. The van der Waals surface area contributed by atoms with Crippen LogP contribution in [0.3, 0.4) is 0 Å². The molecule has 13 heavy (non-hydrogen) atoms. The van der Waals surface area contributed by atoms with Crippen molar-refractivity contribution in [2.24, 2.45) is 11.8 Å². The lowest BCUT2D eigenvalue weighted by Gasteiger charge is -2.31. The highest BCUT2D eigenvalue weighted by molar-refractivity contribution is 5.20. The van der Waals surface area contributed by atoms with Gasteiger partial charge < -0.3 is 5.32 Å². The van der Waals surface area contributed by atoms with Crippen molar-refractivity contribution in [3.05, 3.63) is 11.3 Å². The van der Waals surface area contributed by atoms with E-state index in [1.54, 1.807) is 5.57 Å². The van der Waals surface area contributed by atoms with Crippen molar-refractivity contribution in [1.29, 1.82) is 0 Å². The Kier molecular flexibility index (Phi) is 3.40. The monoisotopic (exact) mass is 181 g/mol. The first kappa shape index (κ1) is 10.6. The number of rotatable bonds is 2. The fraction of sp³-hybridized carbons (Fsp3) is 0.833. The molecule has 1 atom stereocenters. The van der Waals surface area contributed by atoms with Crippen molar-refractivity contribution in [2.75, 3.05) is 0 Å². The van der Waals surface area contributed by atoms with Crippen LogP contribution in [-0.2, 0) is 0 Å². The summed E-state index contributed by atoms with van der Waals surface area (Å²) in [6, 6.07) is 0.667. The Bertz CT molecular complexity index is 201. The summed E-state index contributed by atoms with van der Waals surface area (Å²) in [7, 11) is 0. The first-order valence-corrected chi connectivity index (χ1v) is 5.51. The third-order valence-electron chi connectivity index (χ3n) is 2.87. The smallest absolute Gasteiger partial charge is 0.0233 e. The minimum atomic E-state index is 0.653. The van der Waals surface area contributed by atoms with Gasteiger partial charge in [-0.25, -0.2) is 0 Å². The van der Waals surface area contributed by atoms with Gasteiger partial charge in [0.15, 0.2) is 0 Å². The van der Waals surface area contributed by atoms with Crippen LogP contribution < -0.4 is 5.32 Å². The number of nitrogens with one attached hydrogen (secondary N) is 1. The maximum absolute atomic E-state index is 3.63. The molecule has 1 rings (SSSR count). The molecule has 1 aliphatic rings. The van der Waals surface area contributed by atoms with Crippen molar-refractivity contribution >= 4 is 0 Å². The van der Waals surface area contributed by atoms with E-state index in [1.165, 1.54) is 18.5 Å². The zero-order valence-electron chi connectivity index (χ0n) is 9.65. The SMILES string of the molecule is CC1CCC(C(C)C)=C(C(C)C)N1. The second kappa shape index (κ2) is 4.17. The zero-order valence-corrected chi connectivity index (χ0v) is 9.65. The van der Waals surface area contributed by atoms with Gasteiger partial charge in [0.25, 0.3) is 0 Å². The van der Waals surface area contributed by atoms with Gasteiger partial charge in [-0.05, 0) is 37.2 Å². The molecule has 1 unspecified atom stereocenters. The van der Waals surface area contributed by atoms with Gasteiger partial charge in [0.1, 0.15) is 0 Å². The fourth-order valence-electron chi connectivity index (χ4n) is 2.07. The highest BCUT2D eigenvalue weighted by Gasteiger charge is 2.20. The third-order valence-corrected chi connectivity index (χ3v) is 2.87. The van der Waals surface area contributed by atoms with Crippen molar-refractivity contribution in [3.63, 3.8) is 0 Å². The van der Waals surface area contributed by atoms with Crippen molar-refractivity contribution in [3.8, 4) is 0 Å². The Labute approximate surface area is 82.6 Å². The number of hydrogen-bond donors (Lipinski definition) is 1. The Morgan fingerprint density at radius 3 is 2.23 bits per heavy atom. The molecule has 1 aliphatic heterocycles. The predicted molar refractivity (Wildman–Crippen MR) is 58.5 cm³/mol. The molecular weight excluding hydrogens is 158 g/mol. The van der Waals surface area contributed by atoms with Crippen molar-refractivity contribution in [2.45, 2.75) is 53.5 Å². The van der Waals surface area contributed by atoms with Gasteiger partial charge >= 0.3 is 0 Å². The Morgan fingerprint density at radius 1 is 1.15 bits per heavy atom. The van der Waals surface area contributed by atoms with E-state index >= 15 is 0 Å². The van der Waals surface area contributed by atoms with Gasteiger partial charge in [-0.1, -0.05) is 27.7 Å². The van der Waals surface area contributed by atoms with Crippen LogP contribution in [0.5, 0.6) is 0 Å². The Morgan fingerprint density at radius 2 is 1.77 bits per heavy atom. The maximum atomic E-state index is 3.63. The fourth-order valence-corrected chi connectivity index (χ4v) is 2.07. The molecule has 1 nitrogen and oxygen atoms in total. The Balaban J connectivity index is 2.87. The van der Waals surface area contributed by atoms with Crippen LogP contribution in [0, 0.1) is 11.8 Å². The molecular formula is C12H23N. The predicted octanol–water partition coefficient (Wildman–Crippen LogP) is 3.32. The summed E-state index contributed by atoms with van der Waals surface area (Å²) in [5.41, 5.74) is 3.15. The first-order chi connectivity index (χ1) is 6.02. The number of allylic oxidation sites excluding steroid dienone is 2. The molecule has 0 aliphatic carbocycles. The van der Waals surface area contributed by atoms with Crippen LogP contribution in [0.1, 0.15) is 47.5 Å². The van der Waals surface area contributed by atoms with E-state index in [2.05, 4.69) is 39.9 Å². The summed E-state index contributed by atoms with van der Waals surface area (Å²) in [4.78, 5) is 0. The van der Waals surface area contributed by atoms with Crippen LogP contribution >= 0.6 is 0 Å². The van der Waals surface area contributed by atoms with E-state index in [4.69, 9.17) is 0 Å². The molecule has 1 N–H and O–H groups in total. The molecule has 76 valence electrons. The molecule has 0 aromatic carbocycles. The highest BCUT2D eigenvalue weighted by Crippen LogP contribution is 2.28. The van der Waals surface area contributed by atoms with Crippen LogP contribution in [0.4, 0.5) is 0 Å². The minimum absolute atomic E-state index is 0.653. The van der Waals surface area contributed by atoms with Gasteiger partial charge in [0, 0.05) is 11.7 Å². The summed E-state index contributed by atoms with van der Waals surface area (Å²) in [6.07, 6.45) is 2.59. The van der Waals surface area contributed by atoms with Crippen molar-refractivity contribution < 1.29 is 0 Å². The first-order valence-electron chi connectivity index (χ1n) is 5.51. The average molecular weight is 181 g/mol. The summed E-state index contributed by atoms with van der Waals surface area (Å²) in [5.74, 6) is 1.36. The molecule has 0 bridgehead atoms. The lowest BCUT2D eigenvalue weighted by atomic mass is 9.87. The van der Waals surface area contributed by atoms with Gasteiger partial charge in [0.05, 0.1) is 0 Å². The van der Waals surface area contributed by atoms with Crippen LogP contribution in [0.25, 0.3) is 0 Å². The van der Waals surface area contributed by atoms with E-state index < -0.39 is 0 Å². The van der Waals surface area contributed by atoms with E-state index in [1.807, 2.05) is 0 Å². The van der Waals surface area contributed by atoms with E-state index in [0.29, 0.717) is 17.9 Å². The second-order valence-corrected chi connectivity index (χ2v) is 4.83. The molecule has 0 saturated carbocycles. The molecule has 0 aromatic rings. The summed E-state index contributed by atoms with van der Waals surface area (Å²) in [6.45, 7) is 11.4. The van der Waals surface area contributed by atoms with Gasteiger partial charge in [-0.3, -0.25) is 0 Å². The molecule has 0 radical (unpaired) electrons. The summed E-state index contributed by atoms with van der Waals surface area (Å²) in [5, 5.41) is 3.63. The van der Waals surface area contributed by atoms with E-state index in [0.717, 1.165) is 0 Å². The molecule has 1 heteroatoms. The topological polar surface area (TPSA) is 12.0 Å². The van der Waals surface area contributed by atoms with E-state index in [-0.39, 0.29) is 0 Å². The quantitative estimate of drug-likeness (QED) is 0.689. The number of hydrogen-bond acceptors (Lipinski definition) is 1. The molecule has 0 fully saturated rings. The minimum Gasteiger partial charge on any atom is -0.386 e. The van der Waals surface area contributed by atoms with E-state index in [9.17, 15) is 0 Å². The molecule has 0 spiro atoms. The average Bonchev–Trinajstić information content (AvgIpc) is 2.03. The normalized spacial score (nSPS) is 24.1. The lowest BCUT2D eigenvalue weighted by Crippen LogP contribution is -2.33. The van der Waals surface area contributed by atoms with Crippen LogP contribution in [0.15, 0.2) is 11.3 Å². The van der Waals surface area contributed by atoms with Gasteiger partial charge in [-0.2, -0.15) is 0 Å². The molecule has 0 amide bonds. The zero-order chi connectivity index (χ0) is 10.0.